The number of aromatic nitrogens is 5. The molecule has 3 heterocycles. The highest BCUT2D eigenvalue weighted by Gasteiger charge is 2.48. The molecule has 3 fully saturated rings. The standard InChI is InChI=1S/C48H41ClN6O2/c1-2-57-47(56)42-33-24-26-34(27-25-33)43(42)53-41-29-38(28-23-32-15-7-3-8-16-32)51-45(54-41)39-31-55(46-44(39)52-40(49)30-50-46)48(35-17-9-4-10-18-35,36-19-11-5-12-20-36)37-21-13-6-14-22-37/h3-22,29-31,33-34,42-43H,2,24-27H2,1H3,(H,51,53,54)/t33?,34?,42-,43-/m0/s1. The van der Waals surface area contributed by atoms with E-state index in [0.717, 1.165) is 47.9 Å². The number of nitrogens with one attached hydrogen (secondary N) is 1. The van der Waals surface area contributed by atoms with Gasteiger partial charge in [0.25, 0.3) is 0 Å². The number of ether oxygens (including phenoxy) is 1. The van der Waals surface area contributed by atoms with Gasteiger partial charge in [0.15, 0.2) is 11.5 Å². The maximum Gasteiger partial charge on any atom is 0.311 e. The lowest BCUT2D eigenvalue weighted by molar-refractivity contribution is -0.154. The molecule has 0 amide bonds. The van der Waals surface area contributed by atoms with E-state index in [1.807, 2.05) is 67.7 Å². The van der Waals surface area contributed by atoms with Crippen molar-refractivity contribution >= 4 is 34.6 Å². The van der Waals surface area contributed by atoms with Crippen molar-refractivity contribution in [3.63, 3.8) is 0 Å². The summed E-state index contributed by atoms with van der Waals surface area (Å²) in [5.41, 5.74) is 5.41. The number of fused-ring (bicyclic) bond motifs is 4. The molecule has 0 unspecified atom stereocenters. The van der Waals surface area contributed by atoms with Crippen LogP contribution in [0.3, 0.4) is 0 Å². The van der Waals surface area contributed by atoms with Gasteiger partial charge in [-0.15, -0.1) is 0 Å². The Morgan fingerprint density at radius 2 is 1.37 bits per heavy atom. The lowest BCUT2D eigenvalue weighted by Gasteiger charge is -2.47. The van der Waals surface area contributed by atoms with Gasteiger partial charge in [-0.2, -0.15) is 0 Å². The highest BCUT2D eigenvalue weighted by atomic mass is 35.5. The van der Waals surface area contributed by atoms with Crippen LogP contribution in [0.4, 0.5) is 5.82 Å². The molecule has 57 heavy (non-hydrogen) atoms. The van der Waals surface area contributed by atoms with Crippen molar-refractivity contribution in [1.82, 2.24) is 24.5 Å². The third-order valence-electron chi connectivity index (χ3n) is 11.6. The molecule has 0 radical (unpaired) electrons. The Morgan fingerprint density at radius 1 is 0.789 bits per heavy atom. The number of esters is 1. The van der Waals surface area contributed by atoms with Gasteiger partial charge in [-0.3, -0.25) is 4.79 Å². The van der Waals surface area contributed by atoms with Crippen LogP contribution in [0.25, 0.3) is 22.6 Å². The number of benzene rings is 4. The second-order valence-corrected chi connectivity index (χ2v) is 15.2. The molecule has 3 aliphatic carbocycles. The fourth-order valence-electron chi connectivity index (χ4n) is 9.11. The summed E-state index contributed by atoms with van der Waals surface area (Å²) in [7, 11) is 0. The number of halogens is 1. The Kier molecular flexibility index (Phi) is 10.00. The Balaban J connectivity index is 1.27. The average Bonchev–Trinajstić information content (AvgIpc) is 3.64. The molecule has 3 aliphatic rings. The number of anilines is 1. The van der Waals surface area contributed by atoms with Crippen LogP contribution < -0.4 is 5.32 Å². The van der Waals surface area contributed by atoms with E-state index < -0.39 is 5.54 Å². The predicted molar refractivity (Wildman–Crippen MR) is 224 cm³/mol. The molecule has 0 spiro atoms. The van der Waals surface area contributed by atoms with Gasteiger partial charge in [0, 0.05) is 23.9 Å². The first-order valence-corrected chi connectivity index (χ1v) is 20.0. The lowest BCUT2D eigenvalue weighted by Crippen LogP contribution is -2.52. The third kappa shape index (κ3) is 6.83. The minimum absolute atomic E-state index is 0.133. The van der Waals surface area contributed by atoms with Crippen molar-refractivity contribution in [2.24, 2.45) is 17.8 Å². The summed E-state index contributed by atoms with van der Waals surface area (Å²) >= 11 is 6.67. The van der Waals surface area contributed by atoms with Crippen LogP contribution in [0.1, 0.15) is 60.6 Å². The molecule has 2 bridgehead atoms. The second kappa shape index (κ2) is 15.7. The van der Waals surface area contributed by atoms with Gasteiger partial charge < -0.3 is 14.6 Å². The van der Waals surface area contributed by atoms with E-state index in [4.69, 9.17) is 36.3 Å². The van der Waals surface area contributed by atoms with Crippen molar-refractivity contribution in [3.05, 3.63) is 173 Å². The van der Waals surface area contributed by atoms with Crippen LogP contribution >= 0.6 is 11.6 Å². The first-order chi connectivity index (χ1) is 28.0. The molecule has 3 aromatic heterocycles. The van der Waals surface area contributed by atoms with Gasteiger partial charge in [-0.25, -0.2) is 19.9 Å². The van der Waals surface area contributed by atoms with Crippen LogP contribution in [0, 0.1) is 29.6 Å². The topological polar surface area (TPSA) is 94.8 Å². The van der Waals surface area contributed by atoms with E-state index in [9.17, 15) is 4.79 Å². The highest BCUT2D eigenvalue weighted by Crippen LogP contribution is 2.47. The van der Waals surface area contributed by atoms with Crippen molar-refractivity contribution in [3.8, 4) is 23.2 Å². The molecule has 3 saturated carbocycles. The van der Waals surface area contributed by atoms with E-state index in [1.165, 1.54) is 0 Å². The predicted octanol–water partition coefficient (Wildman–Crippen LogP) is 9.56. The van der Waals surface area contributed by atoms with Gasteiger partial charge >= 0.3 is 5.97 Å². The minimum Gasteiger partial charge on any atom is -0.466 e. The monoisotopic (exact) mass is 768 g/mol. The normalized spacial score (nSPS) is 18.8. The molecule has 1 N–H and O–H groups in total. The largest absolute Gasteiger partial charge is 0.466 e. The average molecular weight is 769 g/mol. The Hall–Kier alpha value is -6.30. The number of carbonyl (C=O) groups excluding carboxylic acids is 1. The minimum atomic E-state index is -0.886. The third-order valence-corrected chi connectivity index (χ3v) is 11.8. The van der Waals surface area contributed by atoms with E-state index in [2.05, 4.69) is 94.5 Å². The summed E-state index contributed by atoms with van der Waals surface area (Å²) < 4.78 is 7.82. The van der Waals surface area contributed by atoms with Crippen LogP contribution in [0.15, 0.2) is 140 Å². The first kappa shape index (κ1) is 36.3. The molecule has 8 nitrogen and oxygen atoms in total. The molecule has 9 heteroatoms. The fraction of sp³-hybridized carbons (Fsp3) is 0.229. The SMILES string of the molecule is CCOC(=O)[C@H]1C2CCC(CC2)[C@@H]1Nc1cc(C#Cc2ccccc2)nc(-c2cn(C(c3ccccc3)(c3ccccc3)c3ccccc3)c3ncc(Cl)nc23)n1. The molecule has 0 saturated heterocycles. The zero-order chi connectivity index (χ0) is 38.8. The first-order valence-electron chi connectivity index (χ1n) is 19.6. The summed E-state index contributed by atoms with van der Waals surface area (Å²) in [5, 5.41) is 3.99. The van der Waals surface area contributed by atoms with Crippen LogP contribution in [-0.4, -0.2) is 43.1 Å². The van der Waals surface area contributed by atoms with Gasteiger partial charge in [-0.05, 0) is 79.2 Å². The van der Waals surface area contributed by atoms with Gasteiger partial charge in [0.05, 0.1) is 24.3 Å². The lowest BCUT2D eigenvalue weighted by atomic mass is 9.61. The molecular formula is C48H41ClN6O2. The Morgan fingerprint density at radius 3 is 1.96 bits per heavy atom. The zero-order valence-corrected chi connectivity index (χ0v) is 32.3. The summed E-state index contributed by atoms with van der Waals surface area (Å²) in [6.07, 6.45) is 7.79. The van der Waals surface area contributed by atoms with Crippen LogP contribution in [0.2, 0.25) is 5.15 Å². The van der Waals surface area contributed by atoms with E-state index in [0.29, 0.717) is 46.6 Å². The quantitative estimate of drug-likeness (QED) is 0.0888. The molecule has 7 aromatic rings. The fourth-order valence-corrected chi connectivity index (χ4v) is 9.25. The summed E-state index contributed by atoms with van der Waals surface area (Å²) in [6.45, 7) is 2.21. The van der Waals surface area contributed by atoms with Crippen molar-refractivity contribution in [2.75, 3.05) is 11.9 Å². The second-order valence-electron chi connectivity index (χ2n) is 14.8. The Labute approximate surface area is 337 Å². The number of nitrogens with zero attached hydrogens (tertiary/aromatic N) is 5. The van der Waals surface area contributed by atoms with Crippen molar-refractivity contribution in [1.29, 1.82) is 0 Å². The molecule has 10 rings (SSSR count). The maximum atomic E-state index is 13.5. The van der Waals surface area contributed by atoms with E-state index >= 15 is 0 Å². The van der Waals surface area contributed by atoms with Gasteiger partial charge in [-0.1, -0.05) is 127 Å². The van der Waals surface area contributed by atoms with Crippen molar-refractivity contribution < 1.29 is 9.53 Å². The number of hydrogen-bond donors (Lipinski definition) is 1. The number of carbonyl (C=O) groups is 1. The number of rotatable bonds is 9. The van der Waals surface area contributed by atoms with Crippen molar-refractivity contribution in [2.45, 2.75) is 44.2 Å². The zero-order valence-electron chi connectivity index (χ0n) is 31.6. The molecular weight excluding hydrogens is 728 g/mol. The summed E-state index contributed by atoms with van der Waals surface area (Å²) in [4.78, 5) is 33.7. The highest BCUT2D eigenvalue weighted by molar-refractivity contribution is 6.29. The summed E-state index contributed by atoms with van der Waals surface area (Å²) in [5.74, 6) is 7.77. The molecule has 4 aromatic carbocycles. The van der Waals surface area contributed by atoms with Gasteiger partial charge in [0.1, 0.15) is 27.7 Å². The molecule has 2 atom stereocenters. The van der Waals surface area contributed by atoms with Crippen LogP contribution in [0.5, 0.6) is 0 Å². The summed E-state index contributed by atoms with van der Waals surface area (Å²) in [6, 6.07) is 42.9. The van der Waals surface area contributed by atoms with Gasteiger partial charge in [0.2, 0.25) is 0 Å². The van der Waals surface area contributed by atoms with Crippen LogP contribution in [-0.2, 0) is 15.1 Å². The smallest absolute Gasteiger partial charge is 0.311 e. The molecule has 282 valence electrons. The molecule has 0 aliphatic heterocycles. The Bertz CT molecular complexity index is 2480. The van der Waals surface area contributed by atoms with E-state index in [1.54, 1.807) is 6.20 Å². The number of hydrogen-bond acceptors (Lipinski definition) is 7. The van der Waals surface area contributed by atoms with E-state index in [-0.39, 0.29) is 29.0 Å². The maximum absolute atomic E-state index is 13.5.